The fourth-order valence-corrected chi connectivity index (χ4v) is 9.15. The number of anilines is 5. The molecule has 0 saturated carbocycles. The highest BCUT2D eigenvalue weighted by Crippen LogP contribution is 2.30. The molecule has 0 aliphatic carbocycles. The van der Waals surface area contributed by atoms with Gasteiger partial charge in [0.2, 0.25) is 54.3 Å². The predicted octanol–water partition coefficient (Wildman–Crippen LogP) is 2.88. The molecular formula is C61H102N10O10. The van der Waals surface area contributed by atoms with E-state index in [0.717, 1.165) is 71.4 Å². The molecule has 0 unspecified atom stereocenters. The topological polar surface area (TPSA) is 293 Å². The Kier molecular flexibility index (Phi) is 28.0. The average molecular weight is 1140 g/mol. The van der Waals surface area contributed by atoms with Crippen LogP contribution in [0, 0.1) is 0 Å². The molecule has 0 atom stereocenters. The smallest absolute Gasteiger partial charge is 0.249 e. The monoisotopic (exact) mass is 1130 g/mol. The Bertz CT molecular complexity index is 3150. The van der Waals surface area contributed by atoms with E-state index in [1.165, 1.54) is 0 Å². The minimum Gasteiger partial charge on any atom is -0.381 e. The zero-order valence-electron chi connectivity index (χ0n) is 53.2. The van der Waals surface area contributed by atoms with Crippen LogP contribution in [0.3, 0.4) is 0 Å². The molecule has 9 N–H and O–H groups in total. The van der Waals surface area contributed by atoms with Crippen molar-refractivity contribution in [2.24, 2.45) is 11.5 Å². The zero-order chi connectivity index (χ0) is 62.9. The first-order valence-corrected chi connectivity index (χ1v) is 28.3. The summed E-state index contributed by atoms with van der Waals surface area (Å²) in [6.07, 6.45) is 4.45. The summed E-state index contributed by atoms with van der Waals surface area (Å²) in [5.74, 6) is 0. The van der Waals surface area contributed by atoms with Crippen LogP contribution in [0.2, 0.25) is 0 Å². The first-order valence-electron chi connectivity index (χ1n) is 28.3. The lowest BCUT2D eigenvalue weighted by Crippen LogP contribution is -2.46. The van der Waals surface area contributed by atoms with Crippen molar-refractivity contribution in [2.75, 3.05) is 133 Å². The van der Waals surface area contributed by atoms with Gasteiger partial charge in [0.25, 0.3) is 0 Å². The van der Waals surface area contributed by atoms with Gasteiger partial charge in [0.1, 0.15) is 0 Å². The van der Waals surface area contributed by atoms with Gasteiger partial charge in [-0.15, -0.1) is 0 Å². The van der Waals surface area contributed by atoms with Crippen molar-refractivity contribution in [1.82, 2.24) is 15.5 Å². The number of nitrogens with zero attached hydrogens (tertiary/aromatic N) is 3. The number of nitrogens with two attached hydrogens (primary N) is 2. The summed E-state index contributed by atoms with van der Waals surface area (Å²) in [4.78, 5) is 121. The van der Waals surface area contributed by atoms with Gasteiger partial charge in [-0.2, -0.15) is 0 Å². The molecule has 81 heavy (non-hydrogen) atoms. The largest absolute Gasteiger partial charge is 0.381 e. The van der Waals surface area contributed by atoms with Crippen molar-refractivity contribution in [1.29, 1.82) is 0 Å². The van der Waals surface area contributed by atoms with Gasteiger partial charge in [-0.3, -0.25) is 47.9 Å². The lowest BCUT2D eigenvalue weighted by molar-refractivity contribution is 0.405. The summed E-state index contributed by atoms with van der Waals surface area (Å²) >= 11 is 0. The summed E-state index contributed by atoms with van der Waals surface area (Å²) in [5, 5.41) is 15.2. The van der Waals surface area contributed by atoms with Crippen LogP contribution in [0.4, 0.5) is 28.4 Å². The molecule has 0 heterocycles. The van der Waals surface area contributed by atoms with E-state index < -0.39 is 5.43 Å². The highest BCUT2D eigenvalue weighted by atomic mass is 16.2. The normalized spacial score (nSPS) is 12.1. The molecule has 0 saturated heterocycles. The lowest BCUT2D eigenvalue weighted by atomic mass is 9.82. The Labute approximate surface area is 480 Å². The van der Waals surface area contributed by atoms with Crippen LogP contribution in [-0.2, 0) is 27.1 Å². The molecule has 0 amide bonds. The number of hydrogen-bond donors (Lipinski definition) is 7. The molecule has 5 aromatic carbocycles. The van der Waals surface area contributed by atoms with Gasteiger partial charge in [0, 0.05) is 74.6 Å². The standard InChI is InChI=1S/2C13H22N2O2.2C12H20N2O2.C11H18N2O2/c1-13(2,3)9-10(12(17)11(9)16)14-7-6-8-15(4)5;1-13(2,3)9-10(12(17)11(9)16)15(5)8-6-7-14-4;1-12(2,3)8-9(11(16)10(8)15)14(4)7-5-6-13;1-12(2,3)8-9(11(16)10(8)15)14-7-5-6-13-4;1-11(2,3)7-8(10(15)9(7)14)13-6-4-5-12/h2*14H,6-8H2,1-5H3;5-7,13H2,1-4H3;13-14H,5-7H2,1-4H3;13H,4-6,12H2,1-3H3. The van der Waals surface area contributed by atoms with Gasteiger partial charge in [-0.25, -0.2) is 0 Å². The Morgan fingerprint density at radius 3 is 0.864 bits per heavy atom. The van der Waals surface area contributed by atoms with E-state index in [-0.39, 0.29) is 75.9 Å². The van der Waals surface area contributed by atoms with Crippen molar-refractivity contribution in [3.63, 3.8) is 0 Å². The predicted molar refractivity (Wildman–Crippen MR) is 340 cm³/mol. The lowest BCUT2D eigenvalue weighted by Gasteiger charge is -2.29. The molecule has 0 bridgehead atoms. The molecule has 0 radical (unpaired) electrons. The average Bonchev–Trinajstić information content (AvgIpc) is 3.35. The van der Waals surface area contributed by atoms with Crippen LogP contribution in [0.25, 0.3) is 0 Å². The van der Waals surface area contributed by atoms with E-state index >= 15 is 0 Å². The highest BCUT2D eigenvalue weighted by Gasteiger charge is 2.35. The van der Waals surface area contributed by atoms with E-state index in [9.17, 15) is 47.9 Å². The van der Waals surface area contributed by atoms with Crippen LogP contribution in [-0.4, -0.2) is 113 Å². The quantitative estimate of drug-likeness (QED) is 0.0366. The van der Waals surface area contributed by atoms with Gasteiger partial charge in [0.05, 0.1) is 28.4 Å². The molecule has 456 valence electrons. The molecule has 0 fully saturated rings. The zero-order valence-corrected chi connectivity index (χ0v) is 53.2. The van der Waals surface area contributed by atoms with E-state index in [2.05, 4.69) is 31.5 Å². The summed E-state index contributed by atoms with van der Waals surface area (Å²) in [6.45, 7) is 36.7. The summed E-state index contributed by atoms with van der Waals surface area (Å²) in [7, 11) is 11.5. The second kappa shape index (κ2) is 31.0. The fraction of sp³-hybridized carbons (Fsp3) is 0.672. The fourth-order valence-electron chi connectivity index (χ4n) is 9.15. The van der Waals surface area contributed by atoms with Gasteiger partial charge < -0.3 is 52.8 Å². The summed E-state index contributed by atoms with van der Waals surface area (Å²) < 4.78 is 0. The van der Waals surface area contributed by atoms with E-state index in [4.69, 9.17) is 11.5 Å². The SMILES string of the molecule is CC(C)(C)c1c(NCCCN)c(=O)c1=O.CN(C)CCCNc1c(C(C)(C)C)c(=O)c1=O.CN(CCCN)c1c(C(C)(C)C)c(=O)c1=O.CNCCCN(C)c1c(C(C)(C)C)c(=O)c1=O.CNCCCNc1c(C(C)(C)C)c(=O)c1=O. The van der Waals surface area contributed by atoms with Crippen LogP contribution in [0.1, 0.15) is 164 Å². The Morgan fingerprint density at radius 2 is 0.580 bits per heavy atom. The maximum Gasteiger partial charge on any atom is 0.249 e. The van der Waals surface area contributed by atoms with E-state index in [1.807, 2.05) is 156 Å². The molecule has 20 nitrogen and oxygen atoms in total. The second-order valence-electron chi connectivity index (χ2n) is 26.2. The Hall–Kier alpha value is -5.80. The third-order valence-corrected chi connectivity index (χ3v) is 13.3. The van der Waals surface area contributed by atoms with Gasteiger partial charge >= 0.3 is 0 Å². The van der Waals surface area contributed by atoms with Gasteiger partial charge in [-0.1, -0.05) is 104 Å². The van der Waals surface area contributed by atoms with Crippen LogP contribution < -0.4 is 102 Å². The minimum absolute atomic E-state index is 0.252. The summed E-state index contributed by atoms with van der Waals surface area (Å²) in [5.41, 5.74) is 12.0. The number of hydrogen-bond acceptors (Lipinski definition) is 20. The highest BCUT2D eigenvalue weighted by molar-refractivity contribution is 5.63. The molecule has 0 aliphatic heterocycles. The van der Waals surface area contributed by atoms with Gasteiger partial charge in [-0.05, 0) is 120 Å². The molecule has 0 aromatic heterocycles. The Morgan fingerprint density at radius 1 is 0.321 bits per heavy atom. The number of rotatable bonds is 23. The maximum atomic E-state index is 11.6. The van der Waals surface area contributed by atoms with Crippen molar-refractivity contribution >= 4 is 28.4 Å². The van der Waals surface area contributed by atoms with Crippen molar-refractivity contribution < 1.29 is 0 Å². The minimum atomic E-state index is -0.392. The molecule has 0 aliphatic rings. The van der Waals surface area contributed by atoms with Crippen molar-refractivity contribution in [3.8, 4) is 0 Å². The number of nitrogens with one attached hydrogen (secondary N) is 5. The first kappa shape index (κ1) is 73.2. The van der Waals surface area contributed by atoms with Gasteiger partial charge in [0.15, 0.2) is 0 Å². The van der Waals surface area contributed by atoms with Crippen LogP contribution in [0.5, 0.6) is 0 Å². The molecule has 5 rings (SSSR count). The molecular weight excluding hydrogens is 1030 g/mol. The van der Waals surface area contributed by atoms with E-state index in [1.54, 1.807) is 0 Å². The van der Waals surface area contributed by atoms with Crippen LogP contribution in [0.15, 0.2) is 47.9 Å². The summed E-state index contributed by atoms with van der Waals surface area (Å²) in [6, 6.07) is 0. The van der Waals surface area contributed by atoms with Crippen LogP contribution >= 0.6 is 0 Å². The molecule has 0 spiro atoms. The Balaban J connectivity index is 0.000000507. The van der Waals surface area contributed by atoms with Crippen molar-refractivity contribution in [3.05, 3.63) is 130 Å². The maximum absolute atomic E-state index is 11.6. The first-order chi connectivity index (χ1) is 37.1. The third kappa shape index (κ3) is 20.0. The molecule has 20 heteroatoms. The second-order valence-corrected chi connectivity index (χ2v) is 26.2. The van der Waals surface area contributed by atoms with Crippen molar-refractivity contribution in [2.45, 2.75) is 163 Å². The molecule has 5 aromatic rings. The van der Waals surface area contributed by atoms with E-state index in [0.29, 0.717) is 82.4 Å². The third-order valence-electron chi connectivity index (χ3n) is 13.3.